The van der Waals surface area contributed by atoms with Crippen molar-refractivity contribution < 1.29 is 32.5 Å². The molecule has 1 heterocycles. The van der Waals surface area contributed by atoms with Crippen LogP contribution in [0.1, 0.15) is 28.4 Å². The molecule has 0 bridgehead atoms. The van der Waals surface area contributed by atoms with E-state index < -0.39 is 6.61 Å². The summed E-state index contributed by atoms with van der Waals surface area (Å²) >= 11 is 0. The fourth-order valence-corrected chi connectivity index (χ4v) is 3.27. The Morgan fingerprint density at radius 3 is 2.50 bits per heavy atom. The van der Waals surface area contributed by atoms with Crippen LogP contribution in [0.5, 0.6) is 23.0 Å². The van der Waals surface area contributed by atoms with Gasteiger partial charge < -0.3 is 24.3 Å². The standard InChI is InChI=1S/C22H23F2NO5/c1-4-29-21-10-14(5-6-18(21)30-22(23)24)17(26)12-16-15-11-20(28-3)19(27-2)9-13(15)7-8-25-16/h5-6,9-12,22,25H,4,7-8H2,1-3H3. The zero-order valence-electron chi connectivity index (χ0n) is 17.0. The van der Waals surface area contributed by atoms with Crippen LogP contribution in [0.4, 0.5) is 8.78 Å². The van der Waals surface area contributed by atoms with Gasteiger partial charge in [0.25, 0.3) is 0 Å². The molecule has 1 N–H and O–H groups in total. The summed E-state index contributed by atoms with van der Waals surface area (Å²) in [5.74, 6) is 0.856. The topological polar surface area (TPSA) is 66.0 Å². The zero-order chi connectivity index (χ0) is 21.7. The smallest absolute Gasteiger partial charge is 0.387 e. The van der Waals surface area contributed by atoms with Crippen molar-refractivity contribution >= 4 is 11.5 Å². The third kappa shape index (κ3) is 4.64. The van der Waals surface area contributed by atoms with Crippen LogP contribution < -0.4 is 24.3 Å². The highest BCUT2D eigenvalue weighted by Gasteiger charge is 2.20. The van der Waals surface area contributed by atoms with Gasteiger partial charge in [0.1, 0.15) is 0 Å². The Hall–Kier alpha value is -3.29. The van der Waals surface area contributed by atoms with Gasteiger partial charge in [-0.15, -0.1) is 0 Å². The normalized spacial score (nSPS) is 14.1. The molecule has 0 unspecified atom stereocenters. The van der Waals surface area contributed by atoms with Crippen molar-refractivity contribution in [3.05, 3.63) is 53.1 Å². The number of rotatable bonds is 8. The molecule has 2 aromatic carbocycles. The van der Waals surface area contributed by atoms with Gasteiger partial charge in [-0.2, -0.15) is 8.78 Å². The van der Waals surface area contributed by atoms with E-state index in [1.54, 1.807) is 21.1 Å². The van der Waals surface area contributed by atoms with E-state index in [9.17, 15) is 13.6 Å². The number of nitrogens with one attached hydrogen (secondary N) is 1. The fraction of sp³-hybridized carbons (Fsp3) is 0.318. The Bertz CT molecular complexity index is 959. The second-order valence-electron chi connectivity index (χ2n) is 6.44. The quantitative estimate of drug-likeness (QED) is 0.514. The van der Waals surface area contributed by atoms with Gasteiger partial charge in [-0.1, -0.05) is 0 Å². The molecule has 0 fully saturated rings. The number of carbonyl (C=O) groups excluding carboxylic acids is 1. The zero-order valence-corrected chi connectivity index (χ0v) is 17.0. The van der Waals surface area contributed by atoms with Crippen molar-refractivity contribution in [1.82, 2.24) is 5.32 Å². The van der Waals surface area contributed by atoms with Crippen molar-refractivity contribution in [2.45, 2.75) is 20.0 Å². The molecule has 1 aliphatic rings. The second-order valence-corrected chi connectivity index (χ2v) is 6.44. The monoisotopic (exact) mass is 419 g/mol. The number of carbonyl (C=O) groups is 1. The van der Waals surface area contributed by atoms with E-state index in [0.717, 1.165) is 17.5 Å². The number of methoxy groups -OCH3 is 2. The minimum atomic E-state index is -2.98. The Balaban J connectivity index is 1.95. The number of ketones is 1. The first-order chi connectivity index (χ1) is 14.5. The van der Waals surface area contributed by atoms with Crippen LogP contribution in [0.15, 0.2) is 36.4 Å². The molecule has 0 saturated carbocycles. The van der Waals surface area contributed by atoms with E-state index in [2.05, 4.69) is 10.1 Å². The van der Waals surface area contributed by atoms with Crippen molar-refractivity contribution in [3.8, 4) is 23.0 Å². The number of hydrogen-bond donors (Lipinski definition) is 1. The first-order valence-corrected chi connectivity index (χ1v) is 9.43. The number of ether oxygens (including phenoxy) is 4. The minimum absolute atomic E-state index is 0.0884. The molecule has 160 valence electrons. The third-order valence-electron chi connectivity index (χ3n) is 4.63. The minimum Gasteiger partial charge on any atom is -0.493 e. The van der Waals surface area contributed by atoms with Gasteiger partial charge in [0.15, 0.2) is 28.8 Å². The molecule has 30 heavy (non-hydrogen) atoms. The lowest BCUT2D eigenvalue weighted by Crippen LogP contribution is -2.23. The van der Waals surface area contributed by atoms with Gasteiger partial charge >= 0.3 is 6.61 Å². The number of hydrogen-bond acceptors (Lipinski definition) is 6. The average molecular weight is 419 g/mol. The Kier molecular flexibility index (Phi) is 6.76. The summed E-state index contributed by atoms with van der Waals surface area (Å²) in [7, 11) is 3.12. The fourth-order valence-electron chi connectivity index (χ4n) is 3.27. The average Bonchev–Trinajstić information content (AvgIpc) is 2.74. The summed E-state index contributed by atoms with van der Waals surface area (Å²) in [6.45, 7) is -0.363. The van der Waals surface area contributed by atoms with Crippen LogP contribution in [-0.4, -0.2) is 39.8 Å². The molecule has 0 radical (unpaired) electrons. The maximum atomic E-state index is 12.9. The lowest BCUT2D eigenvalue weighted by atomic mass is 9.95. The van der Waals surface area contributed by atoms with Crippen molar-refractivity contribution in [3.63, 3.8) is 0 Å². The number of allylic oxidation sites excluding steroid dienone is 1. The van der Waals surface area contributed by atoms with Gasteiger partial charge in [0.05, 0.1) is 20.8 Å². The van der Waals surface area contributed by atoms with E-state index in [4.69, 9.17) is 14.2 Å². The van der Waals surface area contributed by atoms with Crippen LogP contribution >= 0.6 is 0 Å². The second kappa shape index (κ2) is 9.47. The predicted octanol–water partition coefficient (Wildman–Crippen LogP) is 4.07. The van der Waals surface area contributed by atoms with E-state index in [1.807, 2.05) is 12.1 Å². The van der Waals surface area contributed by atoms with E-state index in [-0.39, 0.29) is 23.9 Å². The highest BCUT2D eigenvalue weighted by Crippen LogP contribution is 2.35. The molecule has 8 heteroatoms. The molecule has 0 amide bonds. The van der Waals surface area contributed by atoms with Crippen LogP contribution in [0.25, 0.3) is 5.70 Å². The largest absolute Gasteiger partial charge is 0.493 e. The molecule has 0 atom stereocenters. The lowest BCUT2D eigenvalue weighted by molar-refractivity contribution is -0.0514. The van der Waals surface area contributed by atoms with E-state index in [1.165, 1.54) is 24.3 Å². The summed E-state index contributed by atoms with van der Waals surface area (Å²) < 4.78 is 45.7. The number of halogens is 2. The first kappa shape index (κ1) is 21.4. The number of benzene rings is 2. The molecule has 0 aliphatic carbocycles. The molecule has 2 aromatic rings. The molecule has 0 aromatic heterocycles. The molecule has 0 spiro atoms. The highest BCUT2D eigenvalue weighted by atomic mass is 19.3. The highest BCUT2D eigenvalue weighted by molar-refractivity contribution is 6.09. The lowest BCUT2D eigenvalue weighted by Gasteiger charge is -2.23. The van der Waals surface area contributed by atoms with Crippen molar-refractivity contribution in [2.75, 3.05) is 27.4 Å². The summed E-state index contributed by atoms with van der Waals surface area (Å²) in [5, 5.41) is 3.23. The predicted molar refractivity (Wildman–Crippen MR) is 108 cm³/mol. The van der Waals surface area contributed by atoms with Gasteiger partial charge in [-0.3, -0.25) is 4.79 Å². The van der Waals surface area contributed by atoms with Gasteiger partial charge in [-0.05, 0) is 49.2 Å². The summed E-state index contributed by atoms with van der Waals surface area (Å²) in [6.07, 6.45) is 2.25. The maximum Gasteiger partial charge on any atom is 0.387 e. The summed E-state index contributed by atoms with van der Waals surface area (Å²) in [4.78, 5) is 12.9. The first-order valence-electron chi connectivity index (χ1n) is 9.43. The molecular weight excluding hydrogens is 396 g/mol. The maximum absolute atomic E-state index is 12.9. The van der Waals surface area contributed by atoms with Gasteiger partial charge in [-0.25, -0.2) is 0 Å². The van der Waals surface area contributed by atoms with Crippen LogP contribution in [0.3, 0.4) is 0 Å². The van der Waals surface area contributed by atoms with Crippen LogP contribution in [-0.2, 0) is 6.42 Å². The number of alkyl halides is 2. The third-order valence-corrected chi connectivity index (χ3v) is 4.63. The Morgan fingerprint density at radius 2 is 1.83 bits per heavy atom. The van der Waals surface area contributed by atoms with Crippen molar-refractivity contribution in [1.29, 1.82) is 0 Å². The molecule has 3 rings (SSSR count). The van der Waals surface area contributed by atoms with Crippen LogP contribution in [0.2, 0.25) is 0 Å². The summed E-state index contributed by atoms with van der Waals surface area (Å²) in [5.41, 5.74) is 2.81. The van der Waals surface area contributed by atoms with E-state index >= 15 is 0 Å². The molecule has 6 nitrogen and oxygen atoms in total. The molecular formula is C22H23F2NO5. The Labute approximate surface area is 173 Å². The Morgan fingerprint density at radius 1 is 1.10 bits per heavy atom. The number of fused-ring (bicyclic) bond motifs is 1. The van der Waals surface area contributed by atoms with Gasteiger partial charge in [0, 0.05) is 29.4 Å². The van der Waals surface area contributed by atoms with E-state index in [0.29, 0.717) is 29.3 Å². The van der Waals surface area contributed by atoms with Crippen LogP contribution in [0, 0.1) is 0 Å². The summed E-state index contributed by atoms with van der Waals surface area (Å²) in [6, 6.07) is 7.86. The van der Waals surface area contributed by atoms with Gasteiger partial charge in [0.2, 0.25) is 0 Å². The van der Waals surface area contributed by atoms with Crippen molar-refractivity contribution in [2.24, 2.45) is 0 Å². The molecule has 0 saturated heterocycles. The molecule has 1 aliphatic heterocycles. The SMILES string of the molecule is CCOc1cc(C(=O)C=C2NCCc3cc(OC)c(OC)cc32)ccc1OC(F)F.